The first-order valence-electron chi connectivity index (χ1n) is 5.38. The van der Waals surface area contributed by atoms with E-state index in [2.05, 4.69) is 19.9 Å². The van der Waals surface area contributed by atoms with Gasteiger partial charge in [0.25, 0.3) is 0 Å². The van der Waals surface area contributed by atoms with E-state index in [0.717, 1.165) is 6.42 Å². The largest absolute Gasteiger partial charge is 0.466 e. The number of carbonyl (C=O) groups excluding carboxylic acids is 1. The molecule has 0 heterocycles. The number of allylic oxidation sites excluding steroid dienone is 2. The molecule has 0 saturated carbocycles. The number of rotatable bonds is 3. The minimum atomic E-state index is -0.167. The number of hydrogen-bond donors (Lipinski definition) is 0. The van der Waals surface area contributed by atoms with Gasteiger partial charge in [-0.2, -0.15) is 0 Å². The summed E-state index contributed by atoms with van der Waals surface area (Å²) in [7, 11) is 0. The quantitative estimate of drug-likeness (QED) is 0.512. The van der Waals surface area contributed by atoms with Crippen molar-refractivity contribution in [3.63, 3.8) is 0 Å². The average molecular weight is 196 g/mol. The molecule has 0 spiro atoms. The molecule has 14 heavy (non-hydrogen) atoms. The lowest BCUT2D eigenvalue weighted by atomic mass is 9.82. The maximum Gasteiger partial charge on any atom is 0.302 e. The van der Waals surface area contributed by atoms with Crippen LogP contribution in [-0.4, -0.2) is 12.6 Å². The molecule has 0 bridgehead atoms. The summed E-state index contributed by atoms with van der Waals surface area (Å²) in [4.78, 5) is 10.6. The van der Waals surface area contributed by atoms with Crippen LogP contribution in [0.5, 0.6) is 0 Å². The molecule has 0 fully saturated rings. The fraction of sp³-hybridized carbons (Fsp3) is 0.750. The van der Waals surface area contributed by atoms with Crippen molar-refractivity contribution >= 4 is 5.97 Å². The van der Waals surface area contributed by atoms with Crippen LogP contribution in [0.3, 0.4) is 0 Å². The van der Waals surface area contributed by atoms with Crippen molar-refractivity contribution in [2.45, 2.75) is 40.0 Å². The lowest BCUT2D eigenvalue weighted by Crippen LogP contribution is -2.20. The van der Waals surface area contributed by atoms with Gasteiger partial charge in [-0.3, -0.25) is 4.79 Å². The van der Waals surface area contributed by atoms with Crippen molar-refractivity contribution in [2.75, 3.05) is 6.61 Å². The molecule has 0 N–H and O–H groups in total. The molecule has 2 atom stereocenters. The molecule has 80 valence electrons. The molecule has 0 saturated heterocycles. The summed E-state index contributed by atoms with van der Waals surface area (Å²) in [6.45, 7) is 6.40. The smallest absolute Gasteiger partial charge is 0.302 e. The summed E-state index contributed by atoms with van der Waals surface area (Å²) in [5.41, 5.74) is 1.50. The highest BCUT2D eigenvalue weighted by Gasteiger charge is 2.19. The standard InChI is InChI=1S/C12H20O2/c1-9-4-6-12(7-5-9)10(2)8-14-11(3)13/h4,10,12H,5-8H2,1-3H3/t10-,12+/m1/s1. The molecule has 2 nitrogen and oxygen atoms in total. The first-order valence-corrected chi connectivity index (χ1v) is 5.38. The fourth-order valence-corrected chi connectivity index (χ4v) is 1.89. The van der Waals surface area contributed by atoms with Crippen LogP contribution in [0, 0.1) is 11.8 Å². The highest BCUT2D eigenvalue weighted by atomic mass is 16.5. The van der Waals surface area contributed by atoms with Gasteiger partial charge in [0.2, 0.25) is 0 Å². The minimum absolute atomic E-state index is 0.167. The SMILES string of the molecule is CC(=O)OC[C@@H](C)[C@H]1CC=C(C)CC1. The molecule has 2 heteroatoms. The molecule has 0 radical (unpaired) electrons. The first-order chi connectivity index (χ1) is 6.59. The van der Waals surface area contributed by atoms with Gasteiger partial charge in [-0.05, 0) is 38.0 Å². The molecular formula is C12H20O2. The predicted molar refractivity (Wildman–Crippen MR) is 56.9 cm³/mol. The Kier molecular flexibility index (Phi) is 4.18. The monoisotopic (exact) mass is 196 g/mol. The van der Waals surface area contributed by atoms with Crippen molar-refractivity contribution < 1.29 is 9.53 Å². The summed E-state index contributed by atoms with van der Waals surface area (Å²) < 4.78 is 5.02. The summed E-state index contributed by atoms with van der Waals surface area (Å²) in [6.07, 6.45) is 5.91. The van der Waals surface area contributed by atoms with Crippen molar-refractivity contribution in [1.29, 1.82) is 0 Å². The Bertz CT molecular complexity index is 230. The molecule has 0 aliphatic heterocycles. The number of carbonyl (C=O) groups is 1. The highest BCUT2D eigenvalue weighted by molar-refractivity contribution is 5.65. The second kappa shape index (κ2) is 5.18. The van der Waals surface area contributed by atoms with Crippen LogP contribution in [0.2, 0.25) is 0 Å². The lowest BCUT2D eigenvalue weighted by Gasteiger charge is -2.26. The van der Waals surface area contributed by atoms with E-state index >= 15 is 0 Å². The number of hydrogen-bond acceptors (Lipinski definition) is 2. The third-order valence-electron chi connectivity index (χ3n) is 3.03. The van der Waals surface area contributed by atoms with E-state index in [9.17, 15) is 4.79 Å². The maximum absolute atomic E-state index is 10.6. The van der Waals surface area contributed by atoms with E-state index in [0.29, 0.717) is 18.4 Å². The molecule has 0 unspecified atom stereocenters. The summed E-state index contributed by atoms with van der Waals surface area (Å²) >= 11 is 0. The summed E-state index contributed by atoms with van der Waals surface area (Å²) in [6, 6.07) is 0. The van der Waals surface area contributed by atoms with Crippen LogP contribution in [0.15, 0.2) is 11.6 Å². The zero-order valence-electron chi connectivity index (χ0n) is 9.38. The van der Waals surface area contributed by atoms with E-state index in [4.69, 9.17) is 4.74 Å². The van der Waals surface area contributed by atoms with E-state index < -0.39 is 0 Å². The van der Waals surface area contributed by atoms with Crippen molar-refractivity contribution in [3.8, 4) is 0 Å². The Labute approximate surface area is 86.3 Å². The summed E-state index contributed by atoms with van der Waals surface area (Å²) in [5, 5.41) is 0. The number of ether oxygens (including phenoxy) is 1. The minimum Gasteiger partial charge on any atom is -0.466 e. The van der Waals surface area contributed by atoms with Gasteiger partial charge in [0.15, 0.2) is 0 Å². The lowest BCUT2D eigenvalue weighted by molar-refractivity contribution is -0.142. The number of esters is 1. The molecule has 0 aromatic carbocycles. The Balaban J connectivity index is 2.31. The van der Waals surface area contributed by atoms with E-state index in [1.807, 2.05) is 0 Å². The second-order valence-electron chi connectivity index (χ2n) is 4.36. The molecule has 0 aromatic rings. The molecular weight excluding hydrogens is 176 g/mol. The van der Waals surface area contributed by atoms with Crippen molar-refractivity contribution in [1.82, 2.24) is 0 Å². The first kappa shape index (κ1) is 11.3. The van der Waals surface area contributed by atoms with Gasteiger partial charge in [-0.1, -0.05) is 18.6 Å². The second-order valence-corrected chi connectivity index (χ2v) is 4.36. The Morgan fingerprint density at radius 3 is 2.93 bits per heavy atom. The molecule has 0 amide bonds. The molecule has 1 rings (SSSR count). The van der Waals surface area contributed by atoms with Crippen LogP contribution in [-0.2, 0) is 9.53 Å². The van der Waals surface area contributed by atoms with Crippen LogP contribution < -0.4 is 0 Å². The zero-order chi connectivity index (χ0) is 10.6. The zero-order valence-corrected chi connectivity index (χ0v) is 9.38. The average Bonchev–Trinajstić information content (AvgIpc) is 2.15. The normalized spacial score (nSPS) is 23.9. The van der Waals surface area contributed by atoms with Crippen LogP contribution in [0.4, 0.5) is 0 Å². The van der Waals surface area contributed by atoms with Crippen LogP contribution in [0.1, 0.15) is 40.0 Å². The van der Waals surface area contributed by atoms with Crippen LogP contribution in [0.25, 0.3) is 0 Å². The third-order valence-corrected chi connectivity index (χ3v) is 3.03. The molecule has 1 aliphatic rings. The molecule has 1 aliphatic carbocycles. The fourth-order valence-electron chi connectivity index (χ4n) is 1.89. The van der Waals surface area contributed by atoms with Gasteiger partial charge < -0.3 is 4.74 Å². The van der Waals surface area contributed by atoms with E-state index in [1.54, 1.807) is 0 Å². The van der Waals surface area contributed by atoms with Gasteiger partial charge in [0.05, 0.1) is 6.61 Å². The summed E-state index contributed by atoms with van der Waals surface area (Å²) in [5.74, 6) is 1.01. The Morgan fingerprint density at radius 2 is 2.43 bits per heavy atom. The van der Waals surface area contributed by atoms with Gasteiger partial charge >= 0.3 is 5.97 Å². The Morgan fingerprint density at radius 1 is 1.71 bits per heavy atom. The Hall–Kier alpha value is -0.790. The van der Waals surface area contributed by atoms with E-state index in [1.165, 1.54) is 25.3 Å². The van der Waals surface area contributed by atoms with Crippen LogP contribution >= 0.6 is 0 Å². The predicted octanol–water partition coefficient (Wildman–Crippen LogP) is 2.93. The van der Waals surface area contributed by atoms with Gasteiger partial charge in [0, 0.05) is 6.92 Å². The van der Waals surface area contributed by atoms with E-state index in [-0.39, 0.29) is 5.97 Å². The third kappa shape index (κ3) is 3.52. The van der Waals surface area contributed by atoms with Crippen molar-refractivity contribution in [2.24, 2.45) is 11.8 Å². The maximum atomic E-state index is 10.6. The van der Waals surface area contributed by atoms with Gasteiger partial charge in [-0.15, -0.1) is 0 Å². The topological polar surface area (TPSA) is 26.3 Å². The van der Waals surface area contributed by atoms with Gasteiger partial charge in [-0.25, -0.2) is 0 Å². The van der Waals surface area contributed by atoms with Gasteiger partial charge in [0.1, 0.15) is 0 Å². The highest BCUT2D eigenvalue weighted by Crippen LogP contribution is 2.29. The van der Waals surface area contributed by atoms with Crippen molar-refractivity contribution in [3.05, 3.63) is 11.6 Å². The molecule has 0 aromatic heterocycles.